The molecular formula is C18H28N2O. The van der Waals surface area contributed by atoms with Crippen molar-refractivity contribution in [3.63, 3.8) is 0 Å². The second-order valence-corrected chi connectivity index (χ2v) is 6.02. The molecule has 1 saturated heterocycles. The average molecular weight is 288 g/mol. The molecule has 116 valence electrons. The van der Waals surface area contributed by atoms with Gasteiger partial charge in [0.2, 0.25) is 5.91 Å². The molecule has 1 amide bonds. The van der Waals surface area contributed by atoms with Gasteiger partial charge in [-0.05, 0) is 30.9 Å². The first kappa shape index (κ1) is 16.0. The number of carbonyl (C=O) groups excluding carboxylic acids is 1. The zero-order valence-corrected chi connectivity index (χ0v) is 13.4. The summed E-state index contributed by atoms with van der Waals surface area (Å²) in [5.41, 5.74) is 1.27. The molecule has 1 aliphatic heterocycles. The summed E-state index contributed by atoms with van der Waals surface area (Å²) in [4.78, 5) is 16.7. The molecular weight excluding hydrogens is 260 g/mol. The molecule has 1 fully saturated rings. The Labute approximate surface area is 128 Å². The molecule has 3 nitrogen and oxygen atoms in total. The third kappa shape index (κ3) is 4.85. The third-order valence-electron chi connectivity index (χ3n) is 4.60. The fraction of sp³-hybridized carbons (Fsp3) is 0.611. The van der Waals surface area contributed by atoms with Crippen molar-refractivity contribution in [1.82, 2.24) is 9.80 Å². The Balaban J connectivity index is 1.82. The van der Waals surface area contributed by atoms with Crippen LogP contribution in [-0.4, -0.2) is 41.9 Å². The van der Waals surface area contributed by atoms with E-state index >= 15 is 0 Å². The lowest BCUT2D eigenvalue weighted by atomic mass is 9.94. The number of likely N-dealkylation sites (N-methyl/N-ethyl adjacent to an activating group) is 1. The summed E-state index contributed by atoms with van der Waals surface area (Å²) in [7, 11) is 0. The highest BCUT2D eigenvalue weighted by molar-refractivity contribution is 5.78. The van der Waals surface area contributed by atoms with E-state index in [-0.39, 0.29) is 0 Å². The lowest BCUT2D eigenvalue weighted by molar-refractivity contribution is -0.133. The Bertz CT molecular complexity index is 424. The van der Waals surface area contributed by atoms with E-state index in [2.05, 4.69) is 47.9 Å². The van der Waals surface area contributed by atoms with Gasteiger partial charge in [-0.15, -0.1) is 0 Å². The van der Waals surface area contributed by atoms with Crippen LogP contribution in [0.5, 0.6) is 0 Å². The van der Waals surface area contributed by atoms with Crippen molar-refractivity contribution in [3.8, 4) is 0 Å². The fourth-order valence-electron chi connectivity index (χ4n) is 3.00. The molecule has 3 heteroatoms. The molecule has 1 heterocycles. The number of benzene rings is 1. The summed E-state index contributed by atoms with van der Waals surface area (Å²) >= 11 is 0. The molecule has 0 radical (unpaired) electrons. The Kier molecular flexibility index (Phi) is 6.24. The average Bonchev–Trinajstić information content (AvgIpc) is 2.55. The first-order chi connectivity index (χ1) is 10.2. The number of likely N-dealkylation sites (tertiary alicyclic amines) is 1. The summed E-state index contributed by atoms with van der Waals surface area (Å²) in [5.74, 6) is 1.11. The van der Waals surface area contributed by atoms with Gasteiger partial charge < -0.3 is 4.90 Å². The first-order valence-electron chi connectivity index (χ1n) is 8.27. The minimum absolute atomic E-state index is 0.294. The van der Waals surface area contributed by atoms with Crippen LogP contribution in [0.15, 0.2) is 30.3 Å². The van der Waals surface area contributed by atoms with Crippen LogP contribution in [0.3, 0.4) is 0 Å². The molecule has 0 aliphatic carbocycles. The summed E-state index contributed by atoms with van der Waals surface area (Å²) < 4.78 is 0. The predicted molar refractivity (Wildman–Crippen MR) is 87.0 cm³/mol. The predicted octanol–water partition coefficient (Wildman–Crippen LogP) is 3.16. The normalized spacial score (nSPS) is 16.4. The highest BCUT2D eigenvalue weighted by atomic mass is 16.2. The summed E-state index contributed by atoms with van der Waals surface area (Å²) in [6.07, 6.45) is 3.59. The van der Waals surface area contributed by atoms with Crippen molar-refractivity contribution in [2.75, 3.05) is 26.2 Å². The van der Waals surface area contributed by atoms with Gasteiger partial charge in [-0.2, -0.15) is 0 Å². The summed E-state index contributed by atoms with van der Waals surface area (Å²) in [6, 6.07) is 10.4. The van der Waals surface area contributed by atoms with Crippen LogP contribution >= 0.6 is 0 Å². The maximum atomic E-state index is 12.4. The molecule has 0 unspecified atom stereocenters. The van der Waals surface area contributed by atoms with Gasteiger partial charge in [0, 0.05) is 19.6 Å². The second kappa shape index (κ2) is 8.18. The molecule has 0 aromatic heterocycles. The number of rotatable bonds is 6. The van der Waals surface area contributed by atoms with Gasteiger partial charge in [0.1, 0.15) is 0 Å². The van der Waals surface area contributed by atoms with Crippen molar-refractivity contribution in [2.45, 2.75) is 39.7 Å². The van der Waals surface area contributed by atoms with Crippen molar-refractivity contribution < 1.29 is 4.79 Å². The van der Waals surface area contributed by atoms with Gasteiger partial charge >= 0.3 is 0 Å². The van der Waals surface area contributed by atoms with Crippen LogP contribution in [-0.2, 0) is 11.3 Å². The molecule has 0 saturated carbocycles. The van der Waals surface area contributed by atoms with E-state index in [1.807, 2.05) is 6.07 Å². The minimum atomic E-state index is 0.294. The van der Waals surface area contributed by atoms with Gasteiger partial charge in [0.15, 0.2) is 0 Å². The van der Waals surface area contributed by atoms with Crippen LogP contribution in [0.2, 0.25) is 0 Å². The maximum absolute atomic E-state index is 12.4. The van der Waals surface area contributed by atoms with E-state index in [0.717, 1.165) is 32.1 Å². The fourth-order valence-corrected chi connectivity index (χ4v) is 3.00. The minimum Gasteiger partial charge on any atom is -0.342 e. The highest BCUT2D eigenvalue weighted by Gasteiger charge is 2.22. The number of nitrogens with zero attached hydrogens (tertiary/aromatic N) is 2. The lowest BCUT2D eigenvalue weighted by Crippen LogP contribution is -2.44. The van der Waals surface area contributed by atoms with Crippen molar-refractivity contribution in [3.05, 3.63) is 35.9 Å². The van der Waals surface area contributed by atoms with E-state index in [1.54, 1.807) is 0 Å². The van der Waals surface area contributed by atoms with Gasteiger partial charge in [-0.3, -0.25) is 9.69 Å². The Morgan fingerprint density at radius 1 is 1.19 bits per heavy atom. The molecule has 1 aliphatic rings. The van der Waals surface area contributed by atoms with Crippen molar-refractivity contribution in [2.24, 2.45) is 5.92 Å². The first-order valence-corrected chi connectivity index (χ1v) is 8.27. The van der Waals surface area contributed by atoms with Gasteiger partial charge in [-0.25, -0.2) is 0 Å². The molecule has 0 N–H and O–H groups in total. The molecule has 0 atom stereocenters. The molecule has 2 rings (SSSR count). The van der Waals surface area contributed by atoms with Crippen LogP contribution in [0.4, 0.5) is 0 Å². The summed E-state index contributed by atoms with van der Waals surface area (Å²) in [5, 5.41) is 0. The SMILES string of the molecule is CCC1CCN(C(=O)CN(CC)Cc2ccccc2)CC1. The van der Waals surface area contributed by atoms with Gasteiger partial charge in [0.05, 0.1) is 6.54 Å². The van der Waals surface area contributed by atoms with E-state index in [4.69, 9.17) is 0 Å². The largest absolute Gasteiger partial charge is 0.342 e. The molecule has 21 heavy (non-hydrogen) atoms. The lowest BCUT2D eigenvalue weighted by Gasteiger charge is -2.33. The smallest absolute Gasteiger partial charge is 0.236 e. The topological polar surface area (TPSA) is 23.6 Å². The Morgan fingerprint density at radius 2 is 1.86 bits per heavy atom. The number of amides is 1. The zero-order chi connectivity index (χ0) is 15.1. The Hall–Kier alpha value is -1.35. The van der Waals surface area contributed by atoms with E-state index in [0.29, 0.717) is 12.5 Å². The number of carbonyl (C=O) groups is 1. The van der Waals surface area contributed by atoms with Crippen molar-refractivity contribution in [1.29, 1.82) is 0 Å². The summed E-state index contributed by atoms with van der Waals surface area (Å²) in [6.45, 7) is 8.57. The number of hydrogen-bond donors (Lipinski definition) is 0. The molecule has 1 aromatic rings. The number of hydrogen-bond acceptors (Lipinski definition) is 2. The highest BCUT2D eigenvalue weighted by Crippen LogP contribution is 2.20. The quantitative estimate of drug-likeness (QED) is 0.803. The van der Waals surface area contributed by atoms with Crippen LogP contribution in [0.25, 0.3) is 0 Å². The molecule has 1 aromatic carbocycles. The molecule has 0 spiro atoms. The third-order valence-corrected chi connectivity index (χ3v) is 4.60. The van der Waals surface area contributed by atoms with E-state index < -0.39 is 0 Å². The standard InChI is InChI=1S/C18H28N2O/c1-3-16-10-12-20(13-11-16)18(21)15-19(4-2)14-17-8-6-5-7-9-17/h5-9,16H,3-4,10-15H2,1-2H3. The monoisotopic (exact) mass is 288 g/mol. The van der Waals surface area contributed by atoms with Crippen LogP contribution in [0, 0.1) is 5.92 Å². The van der Waals surface area contributed by atoms with E-state index in [9.17, 15) is 4.79 Å². The van der Waals surface area contributed by atoms with Gasteiger partial charge in [0.25, 0.3) is 0 Å². The Morgan fingerprint density at radius 3 is 2.43 bits per heavy atom. The number of piperidine rings is 1. The second-order valence-electron chi connectivity index (χ2n) is 6.02. The van der Waals surface area contributed by atoms with Crippen LogP contribution < -0.4 is 0 Å². The maximum Gasteiger partial charge on any atom is 0.236 e. The van der Waals surface area contributed by atoms with Gasteiger partial charge in [-0.1, -0.05) is 50.6 Å². The molecule has 0 bridgehead atoms. The van der Waals surface area contributed by atoms with Crippen molar-refractivity contribution >= 4 is 5.91 Å². The zero-order valence-electron chi connectivity index (χ0n) is 13.4. The van der Waals surface area contributed by atoms with E-state index in [1.165, 1.54) is 24.8 Å². The van der Waals surface area contributed by atoms with Crippen LogP contribution in [0.1, 0.15) is 38.7 Å².